The van der Waals surface area contributed by atoms with Crippen molar-refractivity contribution in [2.75, 3.05) is 46.9 Å². The Bertz CT molecular complexity index is 824. The number of carbonyl (C=O) groups is 1. The zero-order valence-electron chi connectivity index (χ0n) is 16.4. The van der Waals surface area contributed by atoms with E-state index >= 15 is 0 Å². The number of furan rings is 1. The largest absolute Gasteiger partial charge is 0.497 e. The molecule has 1 aromatic carbocycles. The lowest BCUT2D eigenvalue weighted by molar-refractivity contribution is -0.135. The minimum atomic E-state index is -0.202. The summed E-state index contributed by atoms with van der Waals surface area (Å²) in [6, 6.07) is 11.3. The molecule has 7 heteroatoms. The van der Waals surface area contributed by atoms with Crippen LogP contribution in [-0.4, -0.2) is 73.3 Å². The fourth-order valence-corrected chi connectivity index (χ4v) is 3.67. The smallest absolute Gasteiger partial charge is 0.257 e. The summed E-state index contributed by atoms with van der Waals surface area (Å²) in [6.07, 6.45) is 2.28. The minimum Gasteiger partial charge on any atom is -0.497 e. The van der Waals surface area contributed by atoms with Gasteiger partial charge in [-0.3, -0.25) is 9.69 Å². The van der Waals surface area contributed by atoms with Gasteiger partial charge in [0.1, 0.15) is 17.6 Å². The summed E-state index contributed by atoms with van der Waals surface area (Å²) < 4.78 is 10.9. The van der Waals surface area contributed by atoms with E-state index in [4.69, 9.17) is 14.3 Å². The molecule has 1 saturated heterocycles. The molecule has 0 unspecified atom stereocenters. The molecule has 1 atom stereocenters. The van der Waals surface area contributed by atoms with Crippen LogP contribution in [-0.2, 0) is 4.79 Å². The number of nitrogens with zero attached hydrogens (tertiary/aromatic N) is 4. The van der Waals surface area contributed by atoms with Gasteiger partial charge < -0.3 is 14.1 Å². The lowest BCUT2D eigenvalue weighted by atomic mass is 10.0. The van der Waals surface area contributed by atoms with Gasteiger partial charge in [0.25, 0.3) is 5.91 Å². The predicted molar refractivity (Wildman–Crippen MR) is 106 cm³/mol. The van der Waals surface area contributed by atoms with Crippen molar-refractivity contribution >= 4 is 11.6 Å². The number of methoxy groups -OCH3 is 1. The Hall–Kier alpha value is -2.64. The van der Waals surface area contributed by atoms with Crippen LogP contribution in [0, 0.1) is 0 Å². The molecule has 0 bridgehead atoms. The minimum absolute atomic E-state index is 0.00876. The van der Waals surface area contributed by atoms with Gasteiger partial charge in [0, 0.05) is 32.6 Å². The summed E-state index contributed by atoms with van der Waals surface area (Å²) >= 11 is 0. The average Bonchev–Trinajstić information content (AvgIpc) is 3.39. The molecule has 4 rings (SSSR count). The van der Waals surface area contributed by atoms with Gasteiger partial charge in [-0.1, -0.05) is 0 Å². The van der Waals surface area contributed by atoms with E-state index in [-0.39, 0.29) is 11.9 Å². The predicted octanol–water partition coefficient (Wildman–Crippen LogP) is 2.21. The van der Waals surface area contributed by atoms with E-state index in [0.29, 0.717) is 13.0 Å². The Labute approximate surface area is 165 Å². The first kappa shape index (κ1) is 18.7. The summed E-state index contributed by atoms with van der Waals surface area (Å²) in [4.78, 5) is 17.6. The van der Waals surface area contributed by atoms with E-state index in [0.717, 1.165) is 49.0 Å². The number of hydrogen-bond acceptors (Lipinski definition) is 6. The van der Waals surface area contributed by atoms with Crippen molar-refractivity contribution in [1.29, 1.82) is 0 Å². The maximum absolute atomic E-state index is 13.1. The third-order valence-electron chi connectivity index (χ3n) is 5.42. The van der Waals surface area contributed by atoms with Crippen LogP contribution < -0.4 is 4.74 Å². The maximum Gasteiger partial charge on any atom is 0.257 e. The molecule has 1 aromatic heterocycles. The summed E-state index contributed by atoms with van der Waals surface area (Å²) in [5.74, 6) is 1.57. The second-order valence-corrected chi connectivity index (χ2v) is 7.33. The van der Waals surface area contributed by atoms with E-state index in [2.05, 4.69) is 16.8 Å². The Morgan fingerprint density at radius 3 is 2.57 bits per heavy atom. The van der Waals surface area contributed by atoms with Gasteiger partial charge in [0.2, 0.25) is 0 Å². The molecule has 0 radical (unpaired) electrons. The topological polar surface area (TPSA) is 61.5 Å². The van der Waals surface area contributed by atoms with Gasteiger partial charge in [-0.2, -0.15) is 5.10 Å². The van der Waals surface area contributed by atoms with Gasteiger partial charge in [-0.05, 0) is 49.0 Å². The van der Waals surface area contributed by atoms with Crippen molar-refractivity contribution in [2.24, 2.45) is 5.10 Å². The number of ether oxygens (including phenoxy) is 1. The summed E-state index contributed by atoms with van der Waals surface area (Å²) in [5, 5.41) is 6.30. The van der Waals surface area contributed by atoms with Gasteiger partial charge in [0.15, 0.2) is 0 Å². The Morgan fingerprint density at radius 1 is 1.18 bits per heavy atom. The molecule has 7 nitrogen and oxygen atoms in total. The zero-order chi connectivity index (χ0) is 19.5. The van der Waals surface area contributed by atoms with Crippen LogP contribution in [0.3, 0.4) is 0 Å². The average molecular weight is 382 g/mol. The second-order valence-electron chi connectivity index (χ2n) is 7.33. The standard InChI is InChI=1S/C21H26N4O3/c1-23-9-11-24(12-10-23)15-21(26)25-19(20-4-3-13-28-20)14-18(22-25)16-5-7-17(27-2)8-6-16/h3-8,13,19H,9-12,14-15H2,1-2H3/t19-/m1/s1. The molecule has 0 spiro atoms. The van der Waals surface area contributed by atoms with Gasteiger partial charge in [-0.25, -0.2) is 5.01 Å². The third kappa shape index (κ3) is 3.95. The molecule has 1 fully saturated rings. The van der Waals surface area contributed by atoms with Crippen LogP contribution in [0.25, 0.3) is 0 Å². The van der Waals surface area contributed by atoms with Gasteiger partial charge >= 0.3 is 0 Å². The molecule has 1 amide bonds. The van der Waals surface area contributed by atoms with Crippen LogP contribution in [0.1, 0.15) is 23.8 Å². The second kappa shape index (κ2) is 8.16. The number of amides is 1. The fourth-order valence-electron chi connectivity index (χ4n) is 3.67. The molecule has 3 heterocycles. The number of likely N-dealkylation sites (N-methyl/N-ethyl adjacent to an activating group) is 1. The van der Waals surface area contributed by atoms with Crippen molar-refractivity contribution in [3.63, 3.8) is 0 Å². The zero-order valence-corrected chi connectivity index (χ0v) is 16.4. The first-order valence-corrected chi connectivity index (χ1v) is 9.62. The van der Waals surface area contributed by atoms with E-state index in [1.54, 1.807) is 18.4 Å². The van der Waals surface area contributed by atoms with Crippen LogP contribution in [0.5, 0.6) is 5.75 Å². The number of benzene rings is 1. The molecule has 2 aromatic rings. The highest BCUT2D eigenvalue weighted by Crippen LogP contribution is 2.33. The van der Waals surface area contributed by atoms with Crippen molar-refractivity contribution in [1.82, 2.24) is 14.8 Å². The Kier molecular flexibility index (Phi) is 5.45. The SMILES string of the molecule is COc1ccc(C2=NN(C(=O)CN3CCN(C)CC3)[C@@H](c3ccco3)C2)cc1. The quantitative estimate of drug-likeness (QED) is 0.794. The lowest BCUT2D eigenvalue weighted by Crippen LogP contribution is -2.48. The van der Waals surface area contributed by atoms with Gasteiger partial charge in [0.05, 0.1) is 25.6 Å². The molecule has 0 N–H and O–H groups in total. The number of hydrogen-bond donors (Lipinski definition) is 0. The molecule has 148 valence electrons. The number of piperazine rings is 1. The van der Waals surface area contributed by atoms with E-state index in [9.17, 15) is 4.79 Å². The van der Waals surface area contributed by atoms with Crippen LogP contribution in [0.15, 0.2) is 52.2 Å². The number of hydrazone groups is 1. The molecule has 0 saturated carbocycles. The van der Waals surface area contributed by atoms with E-state index < -0.39 is 0 Å². The molecule has 2 aliphatic rings. The van der Waals surface area contributed by atoms with Crippen LogP contribution in [0.2, 0.25) is 0 Å². The molecule has 2 aliphatic heterocycles. The molecular weight excluding hydrogens is 356 g/mol. The maximum atomic E-state index is 13.1. The highest BCUT2D eigenvalue weighted by Gasteiger charge is 2.35. The van der Waals surface area contributed by atoms with Crippen molar-refractivity contribution < 1.29 is 13.9 Å². The van der Waals surface area contributed by atoms with Crippen LogP contribution >= 0.6 is 0 Å². The van der Waals surface area contributed by atoms with Crippen molar-refractivity contribution in [3.8, 4) is 5.75 Å². The van der Waals surface area contributed by atoms with E-state index in [1.165, 1.54) is 0 Å². The fraction of sp³-hybridized carbons (Fsp3) is 0.429. The molecule has 28 heavy (non-hydrogen) atoms. The van der Waals surface area contributed by atoms with Crippen molar-refractivity contribution in [2.45, 2.75) is 12.5 Å². The Balaban J connectivity index is 1.53. The van der Waals surface area contributed by atoms with Gasteiger partial charge in [-0.15, -0.1) is 0 Å². The van der Waals surface area contributed by atoms with Crippen molar-refractivity contribution in [3.05, 3.63) is 54.0 Å². The monoisotopic (exact) mass is 382 g/mol. The normalized spacial score (nSPS) is 21.0. The van der Waals surface area contributed by atoms with E-state index in [1.807, 2.05) is 36.4 Å². The first-order chi connectivity index (χ1) is 13.6. The Morgan fingerprint density at radius 2 is 1.93 bits per heavy atom. The number of carbonyl (C=O) groups excluding carboxylic acids is 1. The summed E-state index contributed by atoms with van der Waals surface area (Å²) in [5.41, 5.74) is 1.88. The highest BCUT2D eigenvalue weighted by atomic mass is 16.5. The molecular formula is C21H26N4O3. The molecule has 0 aliphatic carbocycles. The summed E-state index contributed by atoms with van der Waals surface area (Å²) in [7, 11) is 3.76. The summed E-state index contributed by atoms with van der Waals surface area (Å²) in [6.45, 7) is 4.14. The van der Waals surface area contributed by atoms with Crippen LogP contribution in [0.4, 0.5) is 0 Å². The first-order valence-electron chi connectivity index (χ1n) is 9.62. The number of rotatable bonds is 5. The third-order valence-corrected chi connectivity index (χ3v) is 5.42. The highest BCUT2D eigenvalue weighted by molar-refractivity contribution is 6.03. The lowest BCUT2D eigenvalue weighted by Gasteiger charge is -2.32.